The van der Waals surface area contributed by atoms with E-state index in [9.17, 15) is 14.0 Å². The predicted molar refractivity (Wildman–Crippen MR) is 107 cm³/mol. The number of carbonyl (C=O) groups is 1. The molecule has 1 N–H and O–H groups in total. The summed E-state index contributed by atoms with van der Waals surface area (Å²) in [5.41, 5.74) is 3.51. The highest BCUT2D eigenvalue weighted by atomic mass is 32.1. The summed E-state index contributed by atoms with van der Waals surface area (Å²) < 4.78 is 14.9. The van der Waals surface area contributed by atoms with Crippen LogP contribution in [0.4, 0.5) is 4.39 Å². The molecule has 3 aromatic rings. The summed E-state index contributed by atoms with van der Waals surface area (Å²) in [6.07, 6.45) is 6.71. The van der Waals surface area contributed by atoms with E-state index in [4.69, 9.17) is 0 Å². The molecule has 4 rings (SSSR count). The van der Waals surface area contributed by atoms with Crippen LogP contribution < -0.4 is 11.0 Å². The number of hydrogen-bond donors (Lipinski definition) is 1. The number of amides is 1. The first-order valence-corrected chi connectivity index (χ1v) is 9.96. The zero-order valence-electron chi connectivity index (χ0n) is 15.3. The van der Waals surface area contributed by atoms with E-state index in [1.54, 1.807) is 36.5 Å². The molecule has 1 amide bonds. The fourth-order valence-electron chi connectivity index (χ4n) is 3.40. The van der Waals surface area contributed by atoms with Crippen LogP contribution in [0.1, 0.15) is 41.8 Å². The van der Waals surface area contributed by atoms with Crippen molar-refractivity contribution in [2.24, 2.45) is 5.10 Å². The molecule has 144 valence electrons. The maximum Gasteiger partial charge on any atom is 0.263 e. The third kappa shape index (κ3) is 3.35. The predicted octanol–water partition coefficient (Wildman–Crippen LogP) is 3.19. The number of aromatic nitrogens is 2. The third-order valence-electron chi connectivity index (χ3n) is 4.98. The Kier molecular flexibility index (Phi) is 5.04. The summed E-state index contributed by atoms with van der Waals surface area (Å²) in [6.45, 7) is 1.61. The van der Waals surface area contributed by atoms with Gasteiger partial charge in [0.2, 0.25) is 0 Å². The molecule has 1 aromatic carbocycles. The number of fused-ring (bicyclic) bond motifs is 3. The Bertz CT molecular complexity index is 1130. The van der Waals surface area contributed by atoms with E-state index in [0.29, 0.717) is 5.39 Å². The van der Waals surface area contributed by atoms with Crippen molar-refractivity contribution in [2.45, 2.75) is 38.6 Å². The summed E-state index contributed by atoms with van der Waals surface area (Å²) in [7, 11) is 0. The second kappa shape index (κ2) is 7.63. The molecule has 28 heavy (non-hydrogen) atoms. The number of nitrogens with one attached hydrogen (secondary N) is 1. The average Bonchev–Trinajstić information content (AvgIpc) is 3.08. The first-order chi connectivity index (χ1) is 13.6. The van der Waals surface area contributed by atoms with Gasteiger partial charge in [0.05, 0.1) is 17.9 Å². The topological polar surface area (TPSA) is 76.3 Å². The van der Waals surface area contributed by atoms with E-state index in [1.807, 2.05) is 0 Å². The summed E-state index contributed by atoms with van der Waals surface area (Å²) in [5.74, 6) is -0.901. The Labute approximate surface area is 164 Å². The van der Waals surface area contributed by atoms with Crippen LogP contribution in [0.5, 0.6) is 0 Å². The Hall–Kier alpha value is -2.87. The summed E-state index contributed by atoms with van der Waals surface area (Å²) in [4.78, 5) is 31.8. The van der Waals surface area contributed by atoms with Gasteiger partial charge in [0.1, 0.15) is 16.7 Å². The summed E-state index contributed by atoms with van der Waals surface area (Å²) in [5, 5.41) is 4.44. The van der Waals surface area contributed by atoms with Crippen molar-refractivity contribution in [1.29, 1.82) is 0 Å². The van der Waals surface area contributed by atoms with Gasteiger partial charge in [-0.3, -0.25) is 14.2 Å². The third-order valence-corrected chi connectivity index (χ3v) is 6.18. The van der Waals surface area contributed by atoms with Gasteiger partial charge in [0, 0.05) is 10.4 Å². The standard InChI is InChI=1S/C20H19FN4O2S/c1-12(18(26)24-23-10-13-6-2-4-8-15(13)21)25-11-22-19-17(20(25)27)14-7-3-5-9-16(14)28-19/h2,4,6,8,10-12H,3,5,7,9H2,1H3,(H,24,26)/b23-10-/t12-/m1/s1. The van der Waals surface area contributed by atoms with Crippen LogP contribution in [0, 0.1) is 5.82 Å². The van der Waals surface area contributed by atoms with Gasteiger partial charge in [0.25, 0.3) is 11.5 Å². The lowest BCUT2D eigenvalue weighted by atomic mass is 9.97. The lowest BCUT2D eigenvalue weighted by Crippen LogP contribution is -2.34. The fraction of sp³-hybridized carbons (Fsp3) is 0.300. The number of nitrogens with zero attached hydrogens (tertiary/aromatic N) is 3. The van der Waals surface area contributed by atoms with Crippen molar-refractivity contribution in [1.82, 2.24) is 15.0 Å². The molecule has 0 saturated carbocycles. The lowest BCUT2D eigenvalue weighted by molar-refractivity contribution is -0.123. The molecule has 0 saturated heterocycles. The van der Waals surface area contributed by atoms with Crippen molar-refractivity contribution in [3.05, 3.63) is 62.8 Å². The number of aryl methyl sites for hydroxylation is 2. The van der Waals surface area contributed by atoms with Crippen molar-refractivity contribution in [2.75, 3.05) is 0 Å². The van der Waals surface area contributed by atoms with E-state index in [1.165, 1.54) is 28.1 Å². The maximum absolute atomic E-state index is 13.6. The number of halogens is 1. The minimum absolute atomic E-state index is 0.204. The highest BCUT2D eigenvalue weighted by molar-refractivity contribution is 7.18. The molecule has 1 aliphatic rings. The molecule has 0 unspecified atom stereocenters. The number of rotatable bonds is 4. The van der Waals surface area contributed by atoms with Crippen molar-refractivity contribution < 1.29 is 9.18 Å². The maximum atomic E-state index is 13.6. The van der Waals surface area contributed by atoms with Gasteiger partial charge in [-0.2, -0.15) is 5.10 Å². The molecular weight excluding hydrogens is 379 g/mol. The van der Waals surface area contributed by atoms with Crippen LogP contribution in [-0.2, 0) is 17.6 Å². The molecule has 0 bridgehead atoms. The molecule has 6 nitrogen and oxygen atoms in total. The minimum atomic E-state index is -0.790. The minimum Gasteiger partial charge on any atom is -0.286 e. The van der Waals surface area contributed by atoms with Crippen molar-refractivity contribution in [3.63, 3.8) is 0 Å². The van der Waals surface area contributed by atoms with Gasteiger partial charge in [-0.05, 0) is 44.2 Å². The van der Waals surface area contributed by atoms with Crippen LogP contribution >= 0.6 is 11.3 Å². The monoisotopic (exact) mass is 398 g/mol. The SMILES string of the molecule is C[C@H](C(=O)N/N=C\c1ccccc1F)n1cnc2sc3c(c2c1=O)CCCC3. The Morgan fingerprint density at radius 1 is 1.36 bits per heavy atom. The molecule has 0 fully saturated rings. The van der Waals surface area contributed by atoms with Crippen LogP contribution in [0.25, 0.3) is 10.2 Å². The number of carbonyl (C=O) groups excluding carboxylic acids is 1. The normalized spacial score (nSPS) is 14.9. The van der Waals surface area contributed by atoms with E-state index < -0.39 is 17.8 Å². The van der Waals surface area contributed by atoms with E-state index >= 15 is 0 Å². The molecule has 0 spiro atoms. The fourth-order valence-corrected chi connectivity index (χ4v) is 4.62. The first-order valence-electron chi connectivity index (χ1n) is 9.15. The number of hydrazone groups is 1. The largest absolute Gasteiger partial charge is 0.286 e. The van der Waals surface area contributed by atoms with Gasteiger partial charge in [-0.1, -0.05) is 18.2 Å². The number of benzene rings is 1. The quantitative estimate of drug-likeness (QED) is 0.542. The van der Waals surface area contributed by atoms with Gasteiger partial charge < -0.3 is 0 Å². The highest BCUT2D eigenvalue weighted by Gasteiger charge is 2.23. The van der Waals surface area contributed by atoms with Crippen molar-refractivity contribution >= 4 is 33.7 Å². The molecule has 1 aliphatic carbocycles. The van der Waals surface area contributed by atoms with E-state index in [2.05, 4.69) is 15.5 Å². The van der Waals surface area contributed by atoms with Gasteiger partial charge in [0.15, 0.2) is 0 Å². The Morgan fingerprint density at radius 3 is 2.96 bits per heavy atom. The lowest BCUT2D eigenvalue weighted by Gasteiger charge is -2.14. The molecular formula is C20H19FN4O2S. The van der Waals surface area contributed by atoms with Crippen LogP contribution in [-0.4, -0.2) is 21.7 Å². The second-order valence-corrected chi connectivity index (χ2v) is 7.86. The molecule has 8 heteroatoms. The van der Waals surface area contributed by atoms with Crippen LogP contribution in [0.2, 0.25) is 0 Å². The molecule has 0 radical (unpaired) electrons. The smallest absolute Gasteiger partial charge is 0.263 e. The second-order valence-electron chi connectivity index (χ2n) is 6.78. The zero-order valence-corrected chi connectivity index (χ0v) is 16.1. The molecule has 2 heterocycles. The van der Waals surface area contributed by atoms with E-state index in [0.717, 1.165) is 36.1 Å². The van der Waals surface area contributed by atoms with Crippen LogP contribution in [0.15, 0.2) is 40.5 Å². The first kappa shape index (κ1) is 18.5. The highest BCUT2D eigenvalue weighted by Crippen LogP contribution is 2.33. The molecule has 2 aromatic heterocycles. The van der Waals surface area contributed by atoms with Gasteiger partial charge >= 0.3 is 0 Å². The van der Waals surface area contributed by atoms with Crippen LogP contribution in [0.3, 0.4) is 0 Å². The number of thiophene rings is 1. The Balaban J connectivity index is 1.57. The van der Waals surface area contributed by atoms with Crippen molar-refractivity contribution in [3.8, 4) is 0 Å². The summed E-state index contributed by atoms with van der Waals surface area (Å²) in [6, 6.07) is 5.33. The zero-order chi connectivity index (χ0) is 19.7. The molecule has 1 atom stereocenters. The van der Waals surface area contributed by atoms with E-state index in [-0.39, 0.29) is 11.1 Å². The van der Waals surface area contributed by atoms with Gasteiger partial charge in [-0.15, -0.1) is 11.3 Å². The summed E-state index contributed by atoms with van der Waals surface area (Å²) >= 11 is 1.57. The number of hydrogen-bond acceptors (Lipinski definition) is 5. The average molecular weight is 398 g/mol. The molecule has 0 aliphatic heterocycles. The Morgan fingerprint density at radius 2 is 2.14 bits per heavy atom. The van der Waals surface area contributed by atoms with Gasteiger partial charge in [-0.25, -0.2) is 14.8 Å².